The average Bonchev–Trinajstić information content (AvgIpc) is 2.37. The molecule has 4 nitrogen and oxygen atoms in total. The van der Waals surface area contributed by atoms with Gasteiger partial charge < -0.3 is 19.9 Å². The smallest absolute Gasteiger partial charge is 0.179 e. The van der Waals surface area contributed by atoms with E-state index in [0.29, 0.717) is 22.1 Å². The van der Waals surface area contributed by atoms with Crippen molar-refractivity contribution in [1.29, 1.82) is 0 Å². The first-order valence-corrected chi connectivity index (χ1v) is 6.26. The molecular formula is C13H20ClNO3. The Labute approximate surface area is 113 Å². The van der Waals surface area contributed by atoms with Crippen LogP contribution < -0.4 is 14.8 Å². The van der Waals surface area contributed by atoms with E-state index in [1.165, 1.54) is 7.11 Å². The second-order valence-corrected chi connectivity index (χ2v) is 4.37. The molecule has 0 aliphatic carbocycles. The first kappa shape index (κ1) is 15.1. The third-order valence-corrected chi connectivity index (χ3v) is 3.22. The molecular weight excluding hydrogens is 254 g/mol. The summed E-state index contributed by atoms with van der Waals surface area (Å²) in [5.74, 6) is 0.994. The van der Waals surface area contributed by atoms with Crippen molar-refractivity contribution in [3.8, 4) is 11.5 Å². The van der Waals surface area contributed by atoms with Crippen LogP contribution in [0.3, 0.4) is 0 Å². The van der Waals surface area contributed by atoms with Gasteiger partial charge in [-0.15, -0.1) is 0 Å². The number of methoxy groups -OCH3 is 2. The van der Waals surface area contributed by atoms with Crippen LogP contribution in [0.4, 0.5) is 0 Å². The Kier molecular flexibility index (Phi) is 5.72. The maximum absolute atomic E-state index is 10.2. The number of likely N-dealkylation sites (N-methyl/N-ethyl adjacent to an activating group) is 1. The number of nitrogens with one attached hydrogen (secondary N) is 1. The number of rotatable bonds is 6. The van der Waals surface area contributed by atoms with E-state index in [-0.39, 0.29) is 6.04 Å². The molecule has 102 valence electrons. The lowest BCUT2D eigenvalue weighted by Crippen LogP contribution is -2.32. The van der Waals surface area contributed by atoms with Crippen molar-refractivity contribution in [2.45, 2.75) is 26.0 Å². The van der Waals surface area contributed by atoms with Gasteiger partial charge in [0.1, 0.15) is 0 Å². The Hall–Kier alpha value is -0.970. The number of halogens is 1. The van der Waals surface area contributed by atoms with Crippen molar-refractivity contribution in [2.75, 3.05) is 20.8 Å². The molecule has 0 aliphatic heterocycles. The fourth-order valence-electron chi connectivity index (χ4n) is 1.84. The molecule has 18 heavy (non-hydrogen) atoms. The Balaban J connectivity index is 3.10. The minimum Gasteiger partial charge on any atom is -0.493 e. The Bertz CT molecular complexity index is 398. The number of aliphatic hydroxyl groups is 1. The van der Waals surface area contributed by atoms with Crippen molar-refractivity contribution in [3.05, 3.63) is 22.7 Å². The van der Waals surface area contributed by atoms with Crippen molar-refractivity contribution in [3.63, 3.8) is 0 Å². The molecule has 1 aromatic carbocycles. The van der Waals surface area contributed by atoms with Crippen molar-refractivity contribution in [1.82, 2.24) is 5.32 Å². The van der Waals surface area contributed by atoms with E-state index >= 15 is 0 Å². The zero-order valence-electron chi connectivity index (χ0n) is 11.2. The van der Waals surface area contributed by atoms with Gasteiger partial charge >= 0.3 is 0 Å². The third kappa shape index (κ3) is 3.07. The Morgan fingerprint density at radius 3 is 2.50 bits per heavy atom. The van der Waals surface area contributed by atoms with Gasteiger partial charge in [-0.3, -0.25) is 0 Å². The lowest BCUT2D eigenvalue weighted by molar-refractivity contribution is 0.137. The Morgan fingerprint density at radius 2 is 2.00 bits per heavy atom. The van der Waals surface area contributed by atoms with Crippen LogP contribution in [0.25, 0.3) is 0 Å². The van der Waals surface area contributed by atoms with Crippen LogP contribution in [0.1, 0.15) is 25.5 Å². The van der Waals surface area contributed by atoms with Gasteiger partial charge in [-0.1, -0.05) is 24.6 Å². The predicted octanol–water partition coefficient (Wildman–Crippen LogP) is 2.39. The molecule has 0 radical (unpaired) electrons. The molecule has 2 unspecified atom stereocenters. The highest BCUT2D eigenvalue weighted by Gasteiger charge is 2.22. The van der Waals surface area contributed by atoms with Crippen LogP contribution in [-0.4, -0.2) is 31.9 Å². The Morgan fingerprint density at radius 1 is 1.33 bits per heavy atom. The van der Waals surface area contributed by atoms with Gasteiger partial charge in [0.2, 0.25) is 0 Å². The quantitative estimate of drug-likeness (QED) is 0.836. The summed E-state index contributed by atoms with van der Waals surface area (Å²) in [6, 6.07) is 3.40. The van der Waals surface area contributed by atoms with Gasteiger partial charge in [0, 0.05) is 11.6 Å². The highest BCUT2D eigenvalue weighted by atomic mass is 35.5. The van der Waals surface area contributed by atoms with Crippen LogP contribution in [0.15, 0.2) is 12.1 Å². The molecule has 0 fully saturated rings. The van der Waals surface area contributed by atoms with Gasteiger partial charge in [0.25, 0.3) is 0 Å². The van der Waals surface area contributed by atoms with Gasteiger partial charge in [-0.05, 0) is 19.5 Å². The number of hydrogen-bond acceptors (Lipinski definition) is 4. The van der Waals surface area contributed by atoms with Gasteiger partial charge in [0.15, 0.2) is 11.5 Å². The molecule has 5 heteroatoms. The van der Waals surface area contributed by atoms with Crippen LogP contribution >= 0.6 is 11.6 Å². The summed E-state index contributed by atoms with van der Waals surface area (Å²) in [4.78, 5) is 0. The van der Waals surface area contributed by atoms with Gasteiger partial charge in [-0.2, -0.15) is 0 Å². The summed E-state index contributed by atoms with van der Waals surface area (Å²) in [6.07, 6.45) is -0.697. The number of benzene rings is 1. The minimum absolute atomic E-state index is 0.0920. The summed E-state index contributed by atoms with van der Waals surface area (Å²) in [7, 11) is 3.07. The zero-order valence-corrected chi connectivity index (χ0v) is 11.9. The zero-order chi connectivity index (χ0) is 13.7. The van der Waals surface area contributed by atoms with E-state index in [4.69, 9.17) is 21.1 Å². The van der Waals surface area contributed by atoms with E-state index in [1.807, 2.05) is 13.8 Å². The normalized spacial score (nSPS) is 14.1. The molecule has 0 bridgehead atoms. The second-order valence-electron chi connectivity index (χ2n) is 4.00. The van der Waals surface area contributed by atoms with E-state index in [0.717, 1.165) is 6.54 Å². The minimum atomic E-state index is -0.697. The van der Waals surface area contributed by atoms with E-state index in [9.17, 15) is 5.11 Å². The van der Waals surface area contributed by atoms with Crippen molar-refractivity contribution >= 4 is 11.6 Å². The standard InChI is InChI=1S/C13H20ClNO3/c1-5-15-8(2)12(16)9-6-7-10(17-3)13(18-4)11(9)14/h6-8,12,15-16H,5H2,1-4H3. The second kappa shape index (κ2) is 6.83. The first-order valence-electron chi connectivity index (χ1n) is 5.88. The monoisotopic (exact) mass is 273 g/mol. The van der Waals surface area contributed by atoms with Crippen LogP contribution in [0.5, 0.6) is 11.5 Å². The molecule has 0 heterocycles. The molecule has 0 spiro atoms. The molecule has 0 aromatic heterocycles. The van der Waals surface area contributed by atoms with Crippen LogP contribution in [0.2, 0.25) is 5.02 Å². The van der Waals surface area contributed by atoms with E-state index in [2.05, 4.69) is 5.32 Å². The average molecular weight is 274 g/mol. The van der Waals surface area contributed by atoms with E-state index in [1.54, 1.807) is 19.2 Å². The van der Waals surface area contributed by atoms with Crippen molar-refractivity contribution in [2.24, 2.45) is 0 Å². The maximum Gasteiger partial charge on any atom is 0.179 e. The molecule has 1 aromatic rings. The number of aliphatic hydroxyl groups excluding tert-OH is 1. The fourth-order valence-corrected chi connectivity index (χ4v) is 2.18. The summed E-state index contributed by atoms with van der Waals surface area (Å²) >= 11 is 6.24. The highest BCUT2D eigenvalue weighted by molar-refractivity contribution is 6.33. The number of ether oxygens (including phenoxy) is 2. The number of hydrogen-bond donors (Lipinski definition) is 2. The fraction of sp³-hybridized carbons (Fsp3) is 0.538. The lowest BCUT2D eigenvalue weighted by Gasteiger charge is -2.22. The third-order valence-electron chi connectivity index (χ3n) is 2.83. The van der Waals surface area contributed by atoms with Crippen LogP contribution in [-0.2, 0) is 0 Å². The van der Waals surface area contributed by atoms with Crippen LogP contribution in [0, 0.1) is 0 Å². The lowest BCUT2D eigenvalue weighted by atomic mass is 10.0. The SMILES string of the molecule is CCNC(C)C(O)c1ccc(OC)c(OC)c1Cl. The largest absolute Gasteiger partial charge is 0.493 e. The molecule has 2 atom stereocenters. The van der Waals surface area contributed by atoms with E-state index < -0.39 is 6.10 Å². The summed E-state index contributed by atoms with van der Waals surface area (Å²) in [5, 5.41) is 13.8. The molecule has 0 aliphatic rings. The molecule has 2 N–H and O–H groups in total. The molecule has 0 saturated heterocycles. The van der Waals surface area contributed by atoms with Crippen molar-refractivity contribution < 1.29 is 14.6 Å². The first-order chi connectivity index (χ1) is 8.56. The van der Waals surface area contributed by atoms with Gasteiger partial charge in [0.05, 0.1) is 25.3 Å². The summed E-state index contributed by atoms with van der Waals surface area (Å²) in [6.45, 7) is 4.67. The highest BCUT2D eigenvalue weighted by Crippen LogP contribution is 2.40. The topological polar surface area (TPSA) is 50.7 Å². The summed E-state index contributed by atoms with van der Waals surface area (Å²) < 4.78 is 10.4. The molecule has 0 saturated carbocycles. The maximum atomic E-state index is 10.2. The van der Waals surface area contributed by atoms with Gasteiger partial charge in [-0.25, -0.2) is 0 Å². The summed E-state index contributed by atoms with van der Waals surface area (Å²) in [5.41, 5.74) is 0.628. The molecule has 0 amide bonds. The molecule has 1 rings (SSSR count). The predicted molar refractivity (Wildman–Crippen MR) is 72.7 cm³/mol.